The van der Waals surface area contributed by atoms with E-state index in [-0.39, 0.29) is 0 Å². The molecule has 0 fully saturated rings. The molecule has 1 aromatic rings. The van der Waals surface area contributed by atoms with Gasteiger partial charge in [-0.3, -0.25) is 4.90 Å². The average molecular weight is 264 g/mol. The van der Waals surface area contributed by atoms with Crippen molar-refractivity contribution >= 4 is 0 Å². The third-order valence-corrected chi connectivity index (χ3v) is 3.13. The second-order valence-corrected chi connectivity index (χ2v) is 5.23. The number of furan rings is 1. The molecule has 0 unspecified atom stereocenters. The highest BCUT2D eigenvalue weighted by Gasteiger charge is 2.11. The fourth-order valence-corrected chi connectivity index (χ4v) is 2.12. The number of hydrogen-bond donors (Lipinski definition) is 1. The summed E-state index contributed by atoms with van der Waals surface area (Å²) in [5.41, 5.74) is 2.49. The Morgan fingerprint density at radius 1 is 1.42 bits per heavy atom. The van der Waals surface area contributed by atoms with Crippen molar-refractivity contribution in [3.63, 3.8) is 0 Å². The lowest BCUT2D eigenvalue weighted by Gasteiger charge is -2.19. The molecule has 1 rings (SSSR count). The number of nitrogens with one attached hydrogen (secondary N) is 1. The van der Waals surface area contributed by atoms with Crippen LogP contribution in [0, 0.1) is 6.92 Å². The lowest BCUT2D eigenvalue weighted by Crippen LogP contribution is -2.24. The molecule has 0 aliphatic rings. The van der Waals surface area contributed by atoms with Gasteiger partial charge in [-0.2, -0.15) is 0 Å². The summed E-state index contributed by atoms with van der Waals surface area (Å²) < 4.78 is 5.80. The maximum absolute atomic E-state index is 5.80. The second-order valence-electron chi connectivity index (χ2n) is 5.23. The predicted molar refractivity (Wildman–Crippen MR) is 81.2 cm³/mol. The van der Waals surface area contributed by atoms with Gasteiger partial charge in [0.1, 0.15) is 11.5 Å². The Hall–Kier alpha value is -1.06. The van der Waals surface area contributed by atoms with E-state index in [1.54, 1.807) is 0 Å². The van der Waals surface area contributed by atoms with Gasteiger partial charge in [0.05, 0.1) is 6.54 Å². The fraction of sp³-hybridized carbons (Fsp3) is 0.625. The van der Waals surface area contributed by atoms with Crippen molar-refractivity contribution in [2.75, 3.05) is 19.6 Å². The van der Waals surface area contributed by atoms with Crippen LogP contribution in [0.4, 0.5) is 0 Å². The van der Waals surface area contributed by atoms with Gasteiger partial charge in [0.15, 0.2) is 0 Å². The van der Waals surface area contributed by atoms with E-state index in [0.717, 1.165) is 50.7 Å². The number of hydrogen-bond acceptors (Lipinski definition) is 3. The Bertz CT molecular complexity index is 395. The van der Waals surface area contributed by atoms with E-state index in [4.69, 9.17) is 4.42 Å². The largest absolute Gasteiger partial charge is 0.465 e. The van der Waals surface area contributed by atoms with Crippen LogP contribution in [0.3, 0.4) is 0 Å². The molecule has 1 N–H and O–H groups in total. The number of nitrogens with zero attached hydrogens (tertiary/aromatic N) is 1. The van der Waals surface area contributed by atoms with Crippen LogP contribution in [0.5, 0.6) is 0 Å². The maximum atomic E-state index is 5.80. The molecule has 0 saturated carbocycles. The summed E-state index contributed by atoms with van der Waals surface area (Å²) in [7, 11) is 0. The van der Waals surface area contributed by atoms with Crippen molar-refractivity contribution in [2.24, 2.45) is 0 Å². The first kappa shape index (κ1) is 16.0. The molecule has 0 spiro atoms. The predicted octanol–water partition coefficient (Wildman–Crippen LogP) is 3.49. The summed E-state index contributed by atoms with van der Waals surface area (Å²) in [6, 6.07) is 2.18. The summed E-state index contributed by atoms with van der Waals surface area (Å²) in [5.74, 6) is 2.07. The SMILES string of the molecule is C=C(C)CN(CC)Cc1cc(CNCCC)oc1C. The van der Waals surface area contributed by atoms with Crippen LogP contribution in [0.25, 0.3) is 0 Å². The normalized spacial score (nSPS) is 11.2. The Kier molecular flexibility index (Phi) is 6.89. The van der Waals surface area contributed by atoms with Crippen molar-refractivity contribution in [1.82, 2.24) is 10.2 Å². The zero-order valence-corrected chi connectivity index (χ0v) is 12.9. The molecule has 0 aliphatic carbocycles. The minimum absolute atomic E-state index is 0.821. The lowest BCUT2D eigenvalue weighted by molar-refractivity contribution is 0.302. The summed E-state index contributed by atoms with van der Waals surface area (Å²) in [6.07, 6.45) is 1.15. The molecule has 19 heavy (non-hydrogen) atoms. The smallest absolute Gasteiger partial charge is 0.118 e. The molecule has 0 radical (unpaired) electrons. The Balaban J connectivity index is 2.59. The second kappa shape index (κ2) is 8.18. The van der Waals surface area contributed by atoms with Crippen molar-refractivity contribution in [3.05, 3.63) is 35.3 Å². The standard InChI is InChI=1S/C16H28N2O/c1-6-8-17-10-16-9-15(14(5)19-16)12-18(7-2)11-13(3)4/h9,17H,3,6-8,10-12H2,1-2,4-5H3. The van der Waals surface area contributed by atoms with Gasteiger partial charge in [0, 0.05) is 18.7 Å². The van der Waals surface area contributed by atoms with Crippen LogP contribution in [0.2, 0.25) is 0 Å². The number of aryl methyl sites for hydroxylation is 1. The molecule has 3 nitrogen and oxygen atoms in total. The molecule has 0 atom stereocenters. The lowest BCUT2D eigenvalue weighted by atomic mass is 10.2. The zero-order chi connectivity index (χ0) is 14.3. The van der Waals surface area contributed by atoms with Crippen LogP contribution >= 0.6 is 0 Å². The highest BCUT2D eigenvalue weighted by Crippen LogP contribution is 2.17. The van der Waals surface area contributed by atoms with Crippen LogP contribution < -0.4 is 5.32 Å². The van der Waals surface area contributed by atoms with Gasteiger partial charge in [-0.1, -0.05) is 26.0 Å². The molecule has 0 aromatic carbocycles. The average Bonchev–Trinajstić information content (AvgIpc) is 2.69. The first-order valence-electron chi connectivity index (χ1n) is 7.22. The molecule has 0 saturated heterocycles. The van der Waals surface area contributed by atoms with Crippen LogP contribution in [-0.4, -0.2) is 24.5 Å². The van der Waals surface area contributed by atoms with Crippen LogP contribution in [0.1, 0.15) is 44.3 Å². The third-order valence-electron chi connectivity index (χ3n) is 3.13. The summed E-state index contributed by atoms with van der Waals surface area (Å²) >= 11 is 0. The molecule has 1 aromatic heterocycles. The van der Waals surface area contributed by atoms with Crippen molar-refractivity contribution in [3.8, 4) is 0 Å². The molecular formula is C16H28N2O. The van der Waals surface area contributed by atoms with Gasteiger partial charge in [-0.05, 0) is 39.4 Å². The molecular weight excluding hydrogens is 236 g/mol. The van der Waals surface area contributed by atoms with E-state index in [2.05, 4.69) is 43.6 Å². The number of likely N-dealkylation sites (N-methyl/N-ethyl adjacent to an activating group) is 1. The molecule has 0 aliphatic heterocycles. The Morgan fingerprint density at radius 2 is 2.16 bits per heavy atom. The zero-order valence-electron chi connectivity index (χ0n) is 12.9. The van der Waals surface area contributed by atoms with Gasteiger partial charge < -0.3 is 9.73 Å². The Morgan fingerprint density at radius 3 is 2.74 bits per heavy atom. The van der Waals surface area contributed by atoms with Crippen LogP contribution in [-0.2, 0) is 13.1 Å². The van der Waals surface area contributed by atoms with E-state index >= 15 is 0 Å². The fourth-order valence-electron chi connectivity index (χ4n) is 2.12. The molecule has 108 valence electrons. The summed E-state index contributed by atoms with van der Waals surface area (Å²) in [5, 5.41) is 3.37. The monoisotopic (exact) mass is 264 g/mol. The van der Waals surface area contributed by atoms with Crippen molar-refractivity contribution in [1.29, 1.82) is 0 Å². The van der Waals surface area contributed by atoms with E-state index in [0.29, 0.717) is 0 Å². The molecule has 0 bridgehead atoms. The first-order valence-corrected chi connectivity index (χ1v) is 7.22. The van der Waals surface area contributed by atoms with Crippen molar-refractivity contribution in [2.45, 2.75) is 47.2 Å². The van der Waals surface area contributed by atoms with Crippen molar-refractivity contribution < 1.29 is 4.42 Å². The van der Waals surface area contributed by atoms with E-state index < -0.39 is 0 Å². The summed E-state index contributed by atoms with van der Waals surface area (Å²) in [4.78, 5) is 2.38. The summed E-state index contributed by atoms with van der Waals surface area (Å²) in [6.45, 7) is 17.2. The quantitative estimate of drug-likeness (QED) is 0.547. The van der Waals surface area contributed by atoms with E-state index in [1.807, 2.05) is 6.92 Å². The first-order chi connectivity index (χ1) is 9.06. The highest BCUT2D eigenvalue weighted by molar-refractivity contribution is 5.21. The molecule has 3 heteroatoms. The number of rotatable bonds is 9. The highest BCUT2D eigenvalue weighted by atomic mass is 16.3. The minimum atomic E-state index is 0.821. The van der Waals surface area contributed by atoms with E-state index in [1.165, 1.54) is 11.1 Å². The third kappa shape index (κ3) is 5.62. The minimum Gasteiger partial charge on any atom is -0.465 e. The van der Waals surface area contributed by atoms with E-state index in [9.17, 15) is 0 Å². The van der Waals surface area contributed by atoms with Gasteiger partial charge in [-0.25, -0.2) is 0 Å². The molecule has 1 heterocycles. The van der Waals surface area contributed by atoms with Gasteiger partial charge in [0.2, 0.25) is 0 Å². The topological polar surface area (TPSA) is 28.4 Å². The Labute approximate surface area is 117 Å². The van der Waals surface area contributed by atoms with Crippen LogP contribution in [0.15, 0.2) is 22.6 Å². The molecule has 0 amide bonds. The van der Waals surface area contributed by atoms with Gasteiger partial charge >= 0.3 is 0 Å². The van der Waals surface area contributed by atoms with Gasteiger partial charge in [0.25, 0.3) is 0 Å². The maximum Gasteiger partial charge on any atom is 0.118 e. The van der Waals surface area contributed by atoms with Gasteiger partial charge in [-0.15, -0.1) is 0 Å².